The summed E-state index contributed by atoms with van der Waals surface area (Å²) in [6.45, 7) is 4.24. The van der Waals surface area contributed by atoms with Crippen molar-refractivity contribution in [2.75, 3.05) is 6.61 Å². The van der Waals surface area contributed by atoms with Crippen molar-refractivity contribution in [2.24, 2.45) is 0 Å². The van der Waals surface area contributed by atoms with Gasteiger partial charge in [-0.3, -0.25) is 4.79 Å². The second-order valence-corrected chi connectivity index (χ2v) is 20.2. The maximum atomic E-state index is 12.5. The number of unbranched alkanes of at least 4 members (excludes halogenated alkanes) is 41. The molecular weight excluding hydrogens is 799 g/mol. The van der Waals surface area contributed by atoms with Crippen molar-refractivity contribution in [1.82, 2.24) is 5.32 Å². The lowest BCUT2D eigenvalue weighted by Crippen LogP contribution is -2.45. The highest BCUT2D eigenvalue weighted by Crippen LogP contribution is 2.17. The molecule has 0 heterocycles. The molecule has 0 aromatic heterocycles. The van der Waals surface area contributed by atoms with Gasteiger partial charge >= 0.3 is 0 Å². The van der Waals surface area contributed by atoms with Gasteiger partial charge in [0.2, 0.25) is 5.91 Å². The normalized spacial score (nSPS) is 13.5. The van der Waals surface area contributed by atoms with E-state index in [1.165, 1.54) is 257 Å². The molecule has 0 radical (unpaired) electrons. The fraction of sp³-hybridized carbons (Fsp3) is 0.883. The van der Waals surface area contributed by atoms with Crippen LogP contribution in [0.4, 0.5) is 0 Å². The quantitative estimate of drug-likeness (QED) is 0.0361. The van der Waals surface area contributed by atoms with Gasteiger partial charge in [0.05, 0.1) is 31.3 Å². The highest BCUT2D eigenvalue weighted by molar-refractivity contribution is 5.76. The van der Waals surface area contributed by atoms with Crippen molar-refractivity contribution in [3.05, 3.63) is 36.5 Å². The predicted molar refractivity (Wildman–Crippen MR) is 287 cm³/mol. The van der Waals surface area contributed by atoms with Gasteiger partial charge in [0, 0.05) is 0 Å². The summed E-state index contributed by atoms with van der Waals surface area (Å²) < 4.78 is 0. The van der Waals surface area contributed by atoms with Gasteiger partial charge in [-0.1, -0.05) is 288 Å². The molecule has 0 saturated carbocycles. The number of aliphatic hydroxyl groups excluding tert-OH is 3. The van der Waals surface area contributed by atoms with E-state index in [1.54, 1.807) is 6.08 Å². The molecule has 5 nitrogen and oxygen atoms in total. The molecule has 0 aliphatic rings. The van der Waals surface area contributed by atoms with E-state index in [2.05, 4.69) is 43.5 Å². The number of carbonyl (C=O) groups is 1. The fourth-order valence-corrected chi connectivity index (χ4v) is 9.18. The van der Waals surface area contributed by atoms with Crippen molar-refractivity contribution >= 4 is 5.91 Å². The number of aliphatic hydroxyl groups is 3. The number of nitrogens with one attached hydrogen (secondary N) is 1. The van der Waals surface area contributed by atoms with Crippen LogP contribution in [-0.2, 0) is 4.79 Å². The number of hydrogen-bond acceptors (Lipinski definition) is 4. The summed E-state index contributed by atoms with van der Waals surface area (Å²) >= 11 is 0. The summed E-state index contributed by atoms with van der Waals surface area (Å²) in [5.74, 6) is -0.322. The molecule has 3 atom stereocenters. The summed E-state index contributed by atoms with van der Waals surface area (Å²) in [5, 5.41) is 33.5. The first-order valence-electron chi connectivity index (χ1n) is 29.3. The minimum Gasteiger partial charge on any atom is -0.394 e. The zero-order chi connectivity index (χ0) is 47.2. The molecule has 0 bridgehead atoms. The van der Waals surface area contributed by atoms with E-state index in [9.17, 15) is 20.1 Å². The van der Waals surface area contributed by atoms with E-state index in [4.69, 9.17) is 0 Å². The maximum absolute atomic E-state index is 12.5. The number of allylic oxidation sites excluding steroid dienone is 5. The van der Waals surface area contributed by atoms with Crippen LogP contribution in [0.2, 0.25) is 0 Å². The van der Waals surface area contributed by atoms with Gasteiger partial charge in [-0.2, -0.15) is 0 Å². The molecule has 5 heteroatoms. The standard InChI is InChI=1S/C60H115NO4/c1-3-5-7-9-11-13-15-17-19-21-23-25-27-29-31-33-35-37-39-41-43-45-47-49-51-53-57(63)55-60(65)61-58(56-62)59(64)54-52-50-48-46-44-42-40-38-36-34-32-30-28-26-24-22-20-18-16-14-12-10-8-6-4-2/h29,31,44,46,52,54,57-59,62-64H,3-28,30,32-43,45,47-51,53,55-56H2,1-2H3,(H,61,65)/b31-29-,46-44+,54-52+. The average Bonchev–Trinajstić information content (AvgIpc) is 3.30. The summed E-state index contributed by atoms with van der Waals surface area (Å²) in [6, 6.07) is -0.763. The van der Waals surface area contributed by atoms with Crippen LogP contribution in [0.25, 0.3) is 0 Å². The molecule has 0 saturated heterocycles. The van der Waals surface area contributed by atoms with Crippen LogP contribution >= 0.6 is 0 Å². The first kappa shape index (κ1) is 63.6. The van der Waals surface area contributed by atoms with Gasteiger partial charge in [0.25, 0.3) is 0 Å². The molecular formula is C60H115NO4. The Kier molecular flexibility index (Phi) is 54.0. The Bertz CT molecular complexity index is 1010. The molecule has 0 fully saturated rings. The van der Waals surface area contributed by atoms with E-state index in [0.717, 1.165) is 32.1 Å². The molecule has 0 rings (SSSR count). The lowest BCUT2D eigenvalue weighted by atomic mass is 10.0. The van der Waals surface area contributed by atoms with Gasteiger partial charge in [0.1, 0.15) is 0 Å². The third-order valence-electron chi connectivity index (χ3n) is 13.6. The van der Waals surface area contributed by atoms with E-state index < -0.39 is 18.2 Å². The van der Waals surface area contributed by atoms with Gasteiger partial charge in [-0.25, -0.2) is 0 Å². The molecule has 0 aromatic rings. The van der Waals surface area contributed by atoms with E-state index in [0.29, 0.717) is 6.42 Å². The minimum absolute atomic E-state index is 0.00578. The van der Waals surface area contributed by atoms with Crippen LogP contribution in [0.15, 0.2) is 36.5 Å². The Morgan fingerprint density at radius 1 is 0.385 bits per heavy atom. The summed E-state index contributed by atoms with van der Waals surface area (Å²) in [4.78, 5) is 12.5. The van der Waals surface area contributed by atoms with Crippen LogP contribution in [0.1, 0.15) is 316 Å². The highest BCUT2D eigenvalue weighted by atomic mass is 16.3. The van der Waals surface area contributed by atoms with Crippen molar-refractivity contribution in [1.29, 1.82) is 0 Å². The number of hydrogen-bond donors (Lipinski definition) is 4. The van der Waals surface area contributed by atoms with Crippen LogP contribution in [0.3, 0.4) is 0 Å². The first-order chi connectivity index (χ1) is 32.0. The smallest absolute Gasteiger partial charge is 0.222 e. The van der Waals surface area contributed by atoms with Crippen LogP contribution < -0.4 is 5.32 Å². The van der Waals surface area contributed by atoms with Gasteiger partial charge in [-0.15, -0.1) is 0 Å². The Morgan fingerprint density at radius 3 is 0.985 bits per heavy atom. The molecule has 0 aromatic carbocycles. The molecule has 65 heavy (non-hydrogen) atoms. The number of carbonyl (C=O) groups excluding carboxylic acids is 1. The Morgan fingerprint density at radius 2 is 0.662 bits per heavy atom. The Balaban J connectivity index is 3.59. The fourth-order valence-electron chi connectivity index (χ4n) is 9.18. The molecule has 4 N–H and O–H groups in total. The lowest BCUT2D eigenvalue weighted by molar-refractivity contribution is -0.124. The zero-order valence-corrected chi connectivity index (χ0v) is 43.9. The lowest BCUT2D eigenvalue weighted by Gasteiger charge is -2.21. The monoisotopic (exact) mass is 914 g/mol. The first-order valence-corrected chi connectivity index (χ1v) is 29.3. The van der Waals surface area contributed by atoms with Gasteiger partial charge in [-0.05, 0) is 57.8 Å². The third kappa shape index (κ3) is 51.8. The van der Waals surface area contributed by atoms with Crippen LogP contribution in [0, 0.1) is 0 Å². The summed E-state index contributed by atoms with van der Waals surface area (Å²) in [6.07, 6.45) is 72.0. The van der Waals surface area contributed by atoms with E-state index in [1.807, 2.05) is 6.08 Å². The molecule has 0 spiro atoms. The number of amides is 1. The second-order valence-electron chi connectivity index (χ2n) is 20.2. The molecule has 3 unspecified atom stereocenters. The van der Waals surface area contributed by atoms with E-state index in [-0.39, 0.29) is 18.9 Å². The summed E-state index contributed by atoms with van der Waals surface area (Å²) in [7, 11) is 0. The predicted octanol–water partition coefficient (Wildman–Crippen LogP) is 18.2. The Labute approximate surface area is 406 Å². The Hall–Kier alpha value is -1.43. The SMILES string of the molecule is CCCCCCCCCCCCCC/C=C\CCCCCCCCCCCC(O)CC(=O)NC(CO)C(O)/C=C/CC/C=C/CCCCCCCCCCCCCCCCCCCCC. The van der Waals surface area contributed by atoms with E-state index >= 15 is 0 Å². The minimum atomic E-state index is -0.953. The molecule has 0 aliphatic carbocycles. The van der Waals surface area contributed by atoms with Crippen LogP contribution in [0.5, 0.6) is 0 Å². The van der Waals surface area contributed by atoms with Crippen molar-refractivity contribution < 1.29 is 20.1 Å². The highest BCUT2D eigenvalue weighted by Gasteiger charge is 2.20. The topological polar surface area (TPSA) is 89.8 Å². The molecule has 1 amide bonds. The largest absolute Gasteiger partial charge is 0.394 e. The second kappa shape index (κ2) is 55.2. The van der Waals surface area contributed by atoms with Crippen LogP contribution in [-0.4, -0.2) is 46.1 Å². The molecule has 0 aliphatic heterocycles. The van der Waals surface area contributed by atoms with Crippen molar-refractivity contribution in [2.45, 2.75) is 334 Å². The molecule has 384 valence electrons. The number of rotatable bonds is 54. The van der Waals surface area contributed by atoms with Gasteiger partial charge in [0.15, 0.2) is 0 Å². The third-order valence-corrected chi connectivity index (χ3v) is 13.6. The van der Waals surface area contributed by atoms with Crippen molar-refractivity contribution in [3.63, 3.8) is 0 Å². The van der Waals surface area contributed by atoms with Gasteiger partial charge < -0.3 is 20.6 Å². The zero-order valence-electron chi connectivity index (χ0n) is 43.9. The summed E-state index contributed by atoms with van der Waals surface area (Å²) in [5.41, 5.74) is 0. The maximum Gasteiger partial charge on any atom is 0.222 e. The average molecular weight is 915 g/mol. The van der Waals surface area contributed by atoms with Crippen molar-refractivity contribution in [3.8, 4) is 0 Å².